The second-order valence-corrected chi connectivity index (χ2v) is 8.94. The molecule has 1 fully saturated rings. The molecule has 2 rings (SSSR count). The van der Waals surface area contributed by atoms with Gasteiger partial charge < -0.3 is 14.9 Å². The third kappa shape index (κ3) is 5.72. The van der Waals surface area contributed by atoms with Gasteiger partial charge in [0.1, 0.15) is 16.1 Å². The number of hydroxylamine groups is 4. The van der Waals surface area contributed by atoms with Gasteiger partial charge in [-0.15, -0.1) is 11.3 Å². The molecule has 1 saturated heterocycles. The van der Waals surface area contributed by atoms with Crippen LogP contribution < -0.4 is 5.32 Å². The summed E-state index contributed by atoms with van der Waals surface area (Å²) in [5.41, 5.74) is -3.33. The van der Waals surface area contributed by atoms with Crippen molar-refractivity contribution in [3.63, 3.8) is 0 Å². The average Bonchev–Trinajstić information content (AvgIpc) is 3.21. The van der Waals surface area contributed by atoms with Gasteiger partial charge in [-0.3, -0.25) is 4.79 Å². The lowest BCUT2D eigenvalue weighted by atomic mass is 10.1. The van der Waals surface area contributed by atoms with Crippen molar-refractivity contribution in [3.05, 3.63) is 11.1 Å². The van der Waals surface area contributed by atoms with Gasteiger partial charge in [-0.25, -0.2) is 29.0 Å². The van der Waals surface area contributed by atoms with Crippen LogP contribution in [0.5, 0.6) is 0 Å². The van der Waals surface area contributed by atoms with E-state index in [1.807, 2.05) is 0 Å². The number of carbonyl (C=O) groups excluding carboxylic acids is 5. The third-order valence-corrected chi connectivity index (χ3v) is 4.60. The molecule has 0 atom stereocenters. The summed E-state index contributed by atoms with van der Waals surface area (Å²) >= 11 is 0.920. The third-order valence-electron chi connectivity index (χ3n) is 3.82. The molecule has 0 spiro atoms. The number of oxime groups is 1. The highest BCUT2D eigenvalue weighted by molar-refractivity contribution is 7.14. The molecule has 1 aliphatic heterocycles. The van der Waals surface area contributed by atoms with Crippen LogP contribution in [0.1, 0.15) is 53.2 Å². The molecule has 1 aromatic heterocycles. The Bertz CT molecular complexity index is 961. The Morgan fingerprint density at radius 3 is 2.34 bits per heavy atom. The van der Waals surface area contributed by atoms with Crippen LogP contribution in [0.2, 0.25) is 0 Å². The largest absolute Gasteiger partial charge is 0.457 e. The van der Waals surface area contributed by atoms with Gasteiger partial charge in [-0.1, -0.05) is 5.16 Å². The van der Waals surface area contributed by atoms with Crippen LogP contribution in [0.15, 0.2) is 10.5 Å². The molecule has 0 aliphatic carbocycles. The van der Waals surface area contributed by atoms with Crippen molar-refractivity contribution in [2.75, 3.05) is 5.32 Å². The maximum atomic E-state index is 12.7. The molecule has 0 unspecified atom stereocenters. The van der Waals surface area contributed by atoms with E-state index in [0.29, 0.717) is 6.41 Å². The van der Waals surface area contributed by atoms with E-state index in [4.69, 9.17) is 14.4 Å². The topological polar surface area (TPSA) is 171 Å². The Kier molecular flexibility index (Phi) is 7.12. The van der Waals surface area contributed by atoms with E-state index in [1.54, 1.807) is 20.8 Å². The van der Waals surface area contributed by atoms with E-state index in [-0.39, 0.29) is 23.7 Å². The van der Waals surface area contributed by atoms with Crippen molar-refractivity contribution in [2.24, 2.45) is 5.16 Å². The van der Waals surface area contributed by atoms with Gasteiger partial charge in [-0.2, -0.15) is 5.21 Å². The summed E-state index contributed by atoms with van der Waals surface area (Å²) < 4.78 is 5.24. The summed E-state index contributed by atoms with van der Waals surface area (Å²) in [6.07, 6.45) is -0.280. The van der Waals surface area contributed by atoms with Gasteiger partial charge in [-0.05, 0) is 34.6 Å². The van der Waals surface area contributed by atoms with Gasteiger partial charge in [0, 0.05) is 5.38 Å². The zero-order valence-electron chi connectivity index (χ0n) is 18.0. The number of imide groups is 1. The van der Waals surface area contributed by atoms with Gasteiger partial charge in [0.2, 0.25) is 17.7 Å². The fourth-order valence-electron chi connectivity index (χ4n) is 2.21. The molecule has 0 bridgehead atoms. The molecule has 2 N–H and O–H groups in total. The van der Waals surface area contributed by atoms with E-state index >= 15 is 0 Å². The minimum Gasteiger partial charge on any atom is -0.457 e. The van der Waals surface area contributed by atoms with Gasteiger partial charge in [0.15, 0.2) is 5.13 Å². The number of anilines is 1. The number of thiazole rings is 1. The molecule has 14 heteroatoms. The smallest absolute Gasteiger partial charge is 0.427 e. The van der Waals surface area contributed by atoms with E-state index in [2.05, 4.69) is 15.5 Å². The standard InChI is InChI=1S/C18H22N4O9S/c1-17(2,3)29-15(27)18(4,5)31-21-13(10-8-32-16(20-10)19-9-23)14(26)30-22(28)11(24)6-7-12(22)25/h8-9,28H,6-7H2,1-5H3/p+1. The molecule has 2 heterocycles. The molecule has 1 aliphatic rings. The van der Waals surface area contributed by atoms with Crippen molar-refractivity contribution in [3.8, 4) is 0 Å². The Hall–Kier alpha value is -3.23. The number of ether oxygens (including phenoxy) is 1. The highest BCUT2D eigenvalue weighted by Gasteiger charge is 2.56. The molecular formula is C18H23N4O9S+. The van der Waals surface area contributed by atoms with E-state index in [1.165, 1.54) is 19.2 Å². The summed E-state index contributed by atoms with van der Waals surface area (Å²) in [5, 5.41) is 17.5. The molecule has 13 nitrogen and oxygen atoms in total. The zero-order valence-corrected chi connectivity index (χ0v) is 18.8. The summed E-state index contributed by atoms with van der Waals surface area (Å²) in [6, 6.07) is 0. The quantitative estimate of drug-likeness (QED) is 0.106. The molecule has 0 saturated carbocycles. The normalized spacial score (nSPS) is 16.5. The van der Waals surface area contributed by atoms with Gasteiger partial charge >= 0.3 is 23.8 Å². The van der Waals surface area contributed by atoms with Crippen molar-refractivity contribution in [1.29, 1.82) is 0 Å². The fourth-order valence-corrected chi connectivity index (χ4v) is 2.86. The van der Waals surface area contributed by atoms with Crippen LogP contribution >= 0.6 is 11.3 Å². The summed E-state index contributed by atoms with van der Waals surface area (Å²) in [6.45, 7) is 7.62. The number of rotatable bonds is 8. The Morgan fingerprint density at radius 2 is 1.81 bits per heavy atom. The second-order valence-electron chi connectivity index (χ2n) is 8.09. The van der Waals surface area contributed by atoms with Crippen molar-refractivity contribution in [2.45, 2.75) is 58.7 Å². The number of hydrogen-bond acceptors (Lipinski definition) is 12. The van der Waals surface area contributed by atoms with Crippen LogP contribution in [0, 0.1) is 0 Å². The molecule has 0 radical (unpaired) electrons. The summed E-state index contributed by atoms with van der Waals surface area (Å²) in [5.74, 6) is -4.31. The zero-order chi connectivity index (χ0) is 24.3. The molecule has 1 aromatic rings. The van der Waals surface area contributed by atoms with Crippen LogP contribution in [-0.2, 0) is 38.4 Å². The Balaban J connectivity index is 2.36. The lowest BCUT2D eigenvalue weighted by molar-refractivity contribution is -1.12. The first-order valence-electron chi connectivity index (χ1n) is 9.28. The first-order chi connectivity index (χ1) is 14.7. The number of esters is 1. The van der Waals surface area contributed by atoms with E-state index in [9.17, 15) is 29.2 Å². The van der Waals surface area contributed by atoms with Gasteiger partial charge in [0.25, 0.3) is 0 Å². The first kappa shape index (κ1) is 25.0. The maximum absolute atomic E-state index is 12.7. The van der Waals surface area contributed by atoms with Crippen molar-refractivity contribution < 1.29 is 48.4 Å². The summed E-state index contributed by atoms with van der Waals surface area (Å²) in [7, 11) is 0. The molecular weight excluding hydrogens is 448 g/mol. The highest BCUT2D eigenvalue weighted by Crippen LogP contribution is 2.23. The SMILES string of the molecule is CC(C)(C)OC(=O)C(C)(C)ON=C(C(=O)O[N+]1(O)C(=O)CCC1=O)c1csc(NC=O)n1. The monoisotopic (exact) mass is 471 g/mol. The van der Waals surface area contributed by atoms with E-state index in [0.717, 1.165) is 11.3 Å². The van der Waals surface area contributed by atoms with Crippen LogP contribution in [0.25, 0.3) is 0 Å². The predicted molar refractivity (Wildman–Crippen MR) is 107 cm³/mol. The summed E-state index contributed by atoms with van der Waals surface area (Å²) in [4.78, 5) is 71.2. The van der Waals surface area contributed by atoms with Crippen LogP contribution in [0.4, 0.5) is 5.13 Å². The van der Waals surface area contributed by atoms with Crippen molar-refractivity contribution in [1.82, 2.24) is 4.98 Å². The molecule has 174 valence electrons. The fraction of sp³-hybridized carbons (Fsp3) is 0.500. The maximum Gasteiger partial charge on any atom is 0.427 e. The number of nitrogens with one attached hydrogen (secondary N) is 1. The van der Waals surface area contributed by atoms with Crippen LogP contribution in [-0.4, -0.2) is 62.1 Å². The Morgan fingerprint density at radius 1 is 1.22 bits per heavy atom. The van der Waals surface area contributed by atoms with Crippen molar-refractivity contribution >= 4 is 52.3 Å². The number of quaternary nitrogens is 1. The number of hydrogen-bond donors (Lipinski definition) is 2. The second kappa shape index (κ2) is 9.10. The average molecular weight is 471 g/mol. The minimum absolute atomic E-state index is 0.0862. The van der Waals surface area contributed by atoms with Crippen LogP contribution in [0.3, 0.4) is 0 Å². The predicted octanol–water partition coefficient (Wildman–Crippen LogP) is 1.06. The highest BCUT2D eigenvalue weighted by atomic mass is 32.1. The molecule has 3 amide bonds. The van der Waals surface area contributed by atoms with E-state index < -0.39 is 45.5 Å². The Labute approximate surface area is 186 Å². The number of nitrogens with zero attached hydrogens (tertiary/aromatic N) is 3. The first-order valence-corrected chi connectivity index (χ1v) is 10.2. The molecule has 0 aromatic carbocycles. The number of carbonyl (C=O) groups is 5. The molecule has 32 heavy (non-hydrogen) atoms. The minimum atomic E-state index is -2.18. The van der Waals surface area contributed by atoms with Gasteiger partial charge in [0.05, 0.1) is 12.8 Å². The number of amides is 3. The lowest BCUT2D eigenvalue weighted by Crippen LogP contribution is -2.51. The lowest BCUT2D eigenvalue weighted by Gasteiger charge is -2.26. The number of aromatic nitrogens is 1.